The van der Waals surface area contributed by atoms with E-state index in [1.807, 2.05) is 42.8 Å². The van der Waals surface area contributed by atoms with Gasteiger partial charge in [0, 0.05) is 37.6 Å². The molecule has 2 heterocycles. The number of hydrogen-bond donors (Lipinski definition) is 0. The Hall–Kier alpha value is -1.94. The molecule has 8 nitrogen and oxygen atoms in total. The van der Waals surface area contributed by atoms with Crippen LogP contribution in [0.3, 0.4) is 0 Å². The van der Waals surface area contributed by atoms with E-state index in [0.717, 1.165) is 34.8 Å². The number of aromatic nitrogens is 2. The molecule has 1 aromatic carbocycles. The third-order valence-electron chi connectivity index (χ3n) is 5.42. The molecule has 1 fully saturated rings. The molecule has 166 valence electrons. The predicted octanol–water partition coefficient (Wildman–Crippen LogP) is 2.63. The van der Waals surface area contributed by atoms with Crippen molar-refractivity contribution in [3.05, 3.63) is 41.2 Å². The van der Waals surface area contributed by atoms with Crippen molar-refractivity contribution in [3.63, 3.8) is 0 Å². The first-order chi connectivity index (χ1) is 14.4. The predicted molar refractivity (Wildman–Crippen MR) is 115 cm³/mol. The monoisotopic (exact) mass is 437 g/mol. The van der Waals surface area contributed by atoms with E-state index in [9.17, 15) is 8.42 Å². The van der Waals surface area contributed by atoms with Crippen molar-refractivity contribution in [1.29, 1.82) is 0 Å². The van der Waals surface area contributed by atoms with Crippen LogP contribution in [0.1, 0.15) is 35.8 Å². The van der Waals surface area contributed by atoms with E-state index in [2.05, 4.69) is 0 Å². The summed E-state index contributed by atoms with van der Waals surface area (Å²) in [5.41, 5.74) is 3.46. The molecule has 30 heavy (non-hydrogen) atoms. The number of ether oxygens (including phenoxy) is 3. The lowest BCUT2D eigenvalue weighted by molar-refractivity contribution is 0.0316. The summed E-state index contributed by atoms with van der Waals surface area (Å²) >= 11 is 0. The second kappa shape index (κ2) is 9.91. The second-order valence-corrected chi connectivity index (χ2v) is 9.46. The Morgan fingerprint density at radius 3 is 2.77 bits per heavy atom. The van der Waals surface area contributed by atoms with Gasteiger partial charge in [0.05, 0.1) is 43.5 Å². The minimum Gasteiger partial charge on any atom is -0.497 e. The number of aryl methyl sites for hydroxylation is 1. The fourth-order valence-corrected chi connectivity index (χ4v) is 5.64. The summed E-state index contributed by atoms with van der Waals surface area (Å²) < 4.78 is 45.7. The highest BCUT2D eigenvalue weighted by Gasteiger charge is 2.36. The Balaban J connectivity index is 1.92. The van der Waals surface area contributed by atoms with Crippen LogP contribution in [0.2, 0.25) is 0 Å². The van der Waals surface area contributed by atoms with E-state index >= 15 is 0 Å². The molecule has 1 unspecified atom stereocenters. The fourth-order valence-electron chi connectivity index (χ4n) is 3.93. The van der Waals surface area contributed by atoms with E-state index in [1.54, 1.807) is 18.5 Å². The quantitative estimate of drug-likeness (QED) is 0.561. The molecule has 1 aliphatic heterocycles. The Kier molecular flexibility index (Phi) is 7.51. The summed E-state index contributed by atoms with van der Waals surface area (Å²) in [6.07, 6.45) is 1.29. The molecule has 9 heteroatoms. The molecule has 0 bridgehead atoms. The maximum Gasteiger partial charge on any atom is 0.214 e. The average molecular weight is 438 g/mol. The van der Waals surface area contributed by atoms with Crippen LogP contribution in [0.25, 0.3) is 5.69 Å². The molecule has 0 amide bonds. The molecule has 1 atom stereocenters. The first-order valence-electron chi connectivity index (χ1n) is 10.2. The SMILES string of the molecule is COCCCCS(=O)(=O)N1CCOCC1c1c(C)nn(-c2cccc(OC)c2)c1C. The lowest BCUT2D eigenvalue weighted by Crippen LogP contribution is -2.44. The van der Waals surface area contributed by atoms with E-state index in [4.69, 9.17) is 19.3 Å². The maximum atomic E-state index is 13.1. The van der Waals surface area contributed by atoms with Crippen LogP contribution >= 0.6 is 0 Å². The van der Waals surface area contributed by atoms with Crippen molar-refractivity contribution in [1.82, 2.24) is 14.1 Å². The van der Waals surface area contributed by atoms with E-state index in [-0.39, 0.29) is 11.8 Å². The van der Waals surface area contributed by atoms with Crippen LogP contribution in [-0.4, -0.2) is 68.8 Å². The van der Waals surface area contributed by atoms with Gasteiger partial charge >= 0.3 is 0 Å². The summed E-state index contributed by atoms with van der Waals surface area (Å²) in [6, 6.07) is 7.26. The molecule has 1 aliphatic rings. The van der Waals surface area contributed by atoms with Crippen LogP contribution in [0.4, 0.5) is 0 Å². The number of unbranched alkanes of at least 4 members (excludes halogenated alkanes) is 1. The van der Waals surface area contributed by atoms with E-state index < -0.39 is 10.0 Å². The number of methoxy groups -OCH3 is 2. The minimum atomic E-state index is -3.42. The van der Waals surface area contributed by atoms with Gasteiger partial charge in [-0.05, 0) is 38.8 Å². The van der Waals surface area contributed by atoms with Gasteiger partial charge in [-0.2, -0.15) is 9.40 Å². The number of benzene rings is 1. The third-order valence-corrected chi connectivity index (χ3v) is 7.37. The Labute approximate surface area is 178 Å². The summed E-state index contributed by atoms with van der Waals surface area (Å²) in [6.45, 7) is 5.51. The summed E-state index contributed by atoms with van der Waals surface area (Å²) in [5, 5.41) is 4.70. The molecule has 0 radical (unpaired) electrons. The smallest absolute Gasteiger partial charge is 0.214 e. The molecular formula is C21H31N3O5S. The zero-order valence-electron chi connectivity index (χ0n) is 18.1. The van der Waals surface area contributed by atoms with Gasteiger partial charge in [0.15, 0.2) is 0 Å². The van der Waals surface area contributed by atoms with Gasteiger partial charge in [-0.1, -0.05) is 6.07 Å². The topological polar surface area (TPSA) is 82.9 Å². The molecule has 3 rings (SSSR count). The van der Waals surface area contributed by atoms with Crippen molar-refractivity contribution < 1.29 is 22.6 Å². The van der Waals surface area contributed by atoms with Gasteiger partial charge in [0.25, 0.3) is 0 Å². The van der Waals surface area contributed by atoms with Crippen LogP contribution in [0.15, 0.2) is 24.3 Å². The lowest BCUT2D eigenvalue weighted by Gasteiger charge is -2.35. The van der Waals surface area contributed by atoms with Crippen molar-refractivity contribution in [2.75, 3.05) is 46.3 Å². The number of rotatable bonds is 9. The first kappa shape index (κ1) is 22.7. The third kappa shape index (κ3) is 4.85. The summed E-state index contributed by atoms with van der Waals surface area (Å²) in [7, 11) is -0.171. The average Bonchev–Trinajstić information content (AvgIpc) is 3.05. The molecule has 0 spiro atoms. The Morgan fingerprint density at radius 1 is 1.23 bits per heavy atom. The van der Waals surface area contributed by atoms with Crippen LogP contribution < -0.4 is 4.74 Å². The van der Waals surface area contributed by atoms with Crippen molar-refractivity contribution in [3.8, 4) is 11.4 Å². The number of nitrogens with zero attached hydrogens (tertiary/aromatic N) is 3. The lowest BCUT2D eigenvalue weighted by atomic mass is 10.0. The zero-order chi connectivity index (χ0) is 21.7. The molecule has 1 aromatic heterocycles. The molecule has 2 aromatic rings. The van der Waals surface area contributed by atoms with Gasteiger partial charge < -0.3 is 14.2 Å². The van der Waals surface area contributed by atoms with E-state index in [1.165, 1.54) is 0 Å². The van der Waals surface area contributed by atoms with Crippen LogP contribution in [0, 0.1) is 13.8 Å². The van der Waals surface area contributed by atoms with Crippen molar-refractivity contribution in [2.24, 2.45) is 0 Å². The normalized spacial score (nSPS) is 17.9. The van der Waals surface area contributed by atoms with Crippen LogP contribution in [0.5, 0.6) is 5.75 Å². The fraction of sp³-hybridized carbons (Fsp3) is 0.571. The Morgan fingerprint density at radius 2 is 2.03 bits per heavy atom. The number of sulfonamides is 1. The zero-order valence-corrected chi connectivity index (χ0v) is 18.9. The summed E-state index contributed by atoms with van der Waals surface area (Å²) in [4.78, 5) is 0. The summed E-state index contributed by atoms with van der Waals surface area (Å²) in [5.74, 6) is 0.845. The highest BCUT2D eigenvalue weighted by Crippen LogP contribution is 2.33. The van der Waals surface area contributed by atoms with Crippen LogP contribution in [-0.2, 0) is 19.5 Å². The van der Waals surface area contributed by atoms with Gasteiger partial charge in [-0.3, -0.25) is 0 Å². The number of morpholine rings is 1. The minimum absolute atomic E-state index is 0.106. The highest BCUT2D eigenvalue weighted by atomic mass is 32.2. The number of hydrogen-bond acceptors (Lipinski definition) is 6. The van der Waals surface area contributed by atoms with Crippen molar-refractivity contribution >= 4 is 10.0 Å². The largest absolute Gasteiger partial charge is 0.497 e. The molecule has 0 saturated carbocycles. The molecule has 0 aliphatic carbocycles. The van der Waals surface area contributed by atoms with Gasteiger partial charge in [0.1, 0.15) is 5.75 Å². The second-order valence-electron chi connectivity index (χ2n) is 7.42. The van der Waals surface area contributed by atoms with Gasteiger partial charge in [-0.25, -0.2) is 13.1 Å². The molecule has 1 saturated heterocycles. The van der Waals surface area contributed by atoms with Gasteiger partial charge in [0.2, 0.25) is 10.0 Å². The molecule has 0 N–H and O–H groups in total. The Bertz CT molecular complexity index is 958. The molecular weight excluding hydrogens is 406 g/mol. The highest BCUT2D eigenvalue weighted by molar-refractivity contribution is 7.89. The standard InChI is InChI=1S/C21H31N3O5S/c1-16-21(17(2)24(22-16)18-8-7-9-19(14-18)28-4)20-15-29-12-10-23(20)30(25,26)13-6-5-11-27-3/h7-9,14,20H,5-6,10-13,15H2,1-4H3. The van der Waals surface area contributed by atoms with Gasteiger partial charge in [-0.15, -0.1) is 0 Å². The maximum absolute atomic E-state index is 13.1. The van der Waals surface area contributed by atoms with Crippen molar-refractivity contribution in [2.45, 2.75) is 32.7 Å². The van der Waals surface area contributed by atoms with E-state index in [0.29, 0.717) is 32.8 Å². The first-order valence-corrected chi connectivity index (χ1v) is 11.8.